The molecule has 1 aliphatic carbocycles. The van der Waals surface area contributed by atoms with Crippen LogP contribution in [-0.4, -0.2) is 19.0 Å². The number of hydrogen-bond acceptors (Lipinski definition) is 2. The molecule has 0 bridgehead atoms. The van der Waals surface area contributed by atoms with Gasteiger partial charge in [-0.05, 0) is 43.4 Å². The van der Waals surface area contributed by atoms with Crippen LogP contribution >= 0.6 is 11.6 Å². The number of hydrogen-bond donors (Lipinski definition) is 2. The summed E-state index contributed by atoms with van der Waals surface area (Å²) < 4.78 is 0. The van der Waals surface area contributed by atoms with Crippen molar-refractivity contribution < 1.29 is 4.79 Å². The van der Waals surface area contributed by atoms with Crippen molar-refractivity contribution >= 4 is 23.2 Å². The van der Waals surface area contributed by atoms with Crippen LogP contribution in [0.15, 0.2) is 18.2 Å². The van der Waals surface area contributed by atoms with E-state index in [-0.39, 0.29) is 5.91 Å². The van der Waals surface area contributed by atoms with Gasteiger partial charge in [-0.25, -0.2) is 0 Å². The predicted octanol–water partition coefficient (Wildman–Crippen LogP) is 3.69. The van der Waals surface area contributed by atoms with Crippen LogP contribution in [0.5, 0.6) is 0 Å². The predicted molar refractivity (Wildman–Crippen MR) is 79.9 cm³/mol. The smallest absolute Gasteiger partial charge is 0.251 e. The lowest BCUT2D eigenvalue weighted by Crippen LogP contribution is -2.19. The molecule has 1 aromatic rings. The second kappa shape index (κ2) is 6.29. The van der Waals surface area contributed by atoms with Gasteiger partial charge in [0.15, 0.2) is 0 Å². The second-order valence-electron chi connectivity index (χ2n) is 5.20. The number of amides is 1. The van der Waals surface area contributed by atoms with E-state index in [9.17, 15) is 4.79 Å². The zero-order valence-electron chi connectivity index (χ0n) is 11.5. The maximum absolute atomic E-state index is 11.6. The summed E-state index contributed by atoms with van der Waals surface area (Å²) >= 11 is 6.20. The Morgan fingerprint density at radius 2 is 2.21 bits per heavy atom. The van der Waals surface area contributed by atoms with E-state index in [4.69, 9.17) is 11.6 Å². The summed E-state index contributed by atoms with van der Waals surface area (Å²) in [5.74, 6) is 0.732. The van der Waals surface area contributed by atoms with Crippen LogP contribution < -0.4 is 10.6 Å². The van der Waals surface area contributed by atoms with E-state index in [0.29, 0.717) is 16.6 Å². The largest absolute Gasteiger partial charge is 0.381 e. The molecule has 1 fully saturated rings. The Balaban J connectivity index is 2.09. The van der Waals surface area contributed by atoms with E-state index >= 15 is 0 Å². The summed E-state index contributed by atoms with van der Waals surface area (Å²) in [5.41, 5.74) is 1.50. The average Bonchev–Trinajstić information content (AvgIpc) is 2.88. The monoisotopic (exact) mass is 280 g/mol. The van der Waals surface area contributed by atoms with Crippen molar-refractivity contribution in [2.45, 2.75) is 38.6 Å². The molecule has 19 heavy (non-hydrogen) atoms. The average molecular weight is 281 g/mol. The third-order valence-electron chi connectivity index (χ3n) is 3.93. The number of rotatable bonds is 4. The molecule has 2 rings (SSSR count). The third kappa shape index (κ3) is 3.41. The van der Waals surface area contributed by atoms with Crippen LogP contribution in [0.1, 0.15) is 43.0 Å². The molecule has 2 N–H and O–H groups in total. The molecule has 0 spiro atoms. The van der Waals surface area contributed by atoms with Crippen LogP contribution in [0, 0.1) is 5.92 Å². The lowest BCUT2D eigenvalue weighted by atomic mass is 10.1. The summed E-state index contributed by atoms with van der Waals surface area (Å²) in [6.45, 7) is 2.24. The van der Waals surface area contributed by atoms with Crippen molar-refractivity contribution in [1.29, 1.82) is 0 Å². The van der Waals surface area contributed by atoms with Gasteiger partial charge in [0.25, 0.3) is 5.91 Å². The van der Waals surface area contributed by atoms with Crippen LogP contribution in [0.4, 0.5) is 5.69 Å². The highest BCUT2D eigenvalue weighted by Gasteiger charge is 2.23. The molecule has 0 saturated heterocycles. The fourth-order valence-corrected chi connectivity index (χ4v) is 2.89. The van der Waals surface area contributed by atoms with Gasteiger partial charge in [-0.15, -0.1) is 0 Å². The maximum atomic E-state index is 11.6. The lowest BCUT2D eigenvalue weighted by molar-refractivity contribution is 0.0963. The molecule has 1 aromatic carbocycles. The molecule has 4 heteroatoms. The van der Waals surface area contributed by atoms with E-state index in [1.165, 1.54) is 25.7 Å². The molecule has 2 unspecified atom stereocenters. The SMILES string of the molecule is CCC1CCC(Nc2cc(C(=O)NC)ccc2Cl)C1. The first-order valence-electron chi connectivity index (χ1n) is 6.92. The van der Waals surface area contributed by atoms with Gasteiger partial charge >= 0.3 is 0 Å². The minimum atomic E-state index is -0.0856. The van der Waals surface area contributed by atoms with Gasteiger partial charge in [-0.2, -0.15) is 0 Å². The summed E-state index contributed by atoms with van der Waals surface area (Å²) in [7, 11) is 1.63. The highest BCUT2D eigenvalue weighted by atomic mass is 35.5. The van der Waals surface area contributed by atoms with Gasteiger partial charge in [0, 0.05) is 18.7 Å². The van der Waals surface area contributed by atoms with E-state index in [1.54, 1.807) is 19.2 Å². The fourth-order valence-electron chi connectivity index (χ4n) is 2.72. The number of carbonyl (C=O) groups excluding carboxylic acids is 1. The van der Waals surface area contributed by atoms with Crippen LogP contribution in [0.3, 0.4) is 0 Å². The van der Waals surface area contributed by atoms with Crippen molar-refractivity contribution in [3.8, 4) is 0 Å². The van der Waals surface area contributed by atoms with E-state index in [0.717, 1.165) is 11.6 Å². The summed E-state index contributed by atoms with van der Waals surface area (Å²) in [4.78, 5) is 11.6. The first-order chi connectivity index (χ1) is 9.13. The Hall–Kier alpha value is -1.22. The highest BCUT2D eigenvalue weighted by molar-refractivity contribution is 6.33. The summed E-state index contributed by atoms with van der Waals surface area (Å²) in [6.07, 6.45) is 4.89. The normalized spacial score (nSPS) is 22.3. The van der Waals surface area contributed by atoms with Gasteiger partial charge in [0.1, 0.15) is 0 Å². The second-order valence-corrected chi connectivity index (χ2v) is 5.61. The lowest BCUT2D eigenvalue weighted by Gasteiger charge is -2.16. The molecular formula is C15H21ClN2O. The van der Waals surface area contributed by atoms with Crippen molar-refractivity contribution in [3.05, 3.63) is 28.8 Å². The Morgan fingerprint density at radius 3 is 2.84 bits per heavy atom. The molecule has 1 amide bonds. The summed E-state index contributed by atoms with van der Waals surface area (Å²) in [6, 6.07) is 5.83. The van der Waals surface area contributed by atoms with E-state index in [2.05, 4.69) is 17.6 Å². The molecule has 3 nitrogen and oxygen atoms in total. The number of anilines is 1. The van der Waals surface area contributed by atoms with Gasteiger partial charge in [0.2, 0.25) is 0 Å². The van der Waals surface area contributed by atoms with Crippen molar-refractivity contribution in [2.75, 3.05) is 12.4 Å². The van der Waals surface area contributed by atoms with E-state index in [1.807, 2.05) is 6.07 Å². The molecule has 0 heterocycles. The number of benzene rings is 1. The van der Waals surface area contributed by atoms with Crippen molar-refractivity contribution in [3.63, 3.8) is 0 Å². The minimum Gasteiger partial charge on any atom is -0.381 e. The minimum absolute atomic E-state index is 0.0856. The topological polar surface area (TPSA) is 41.1 Å². The Kier molecular flexibility index (Phi) is 4.70. The Morgan fingerprint density at radius 1 is 1.42 bits per heavy atom. The molecule has 0 aromatic heterocycles. The molecule has 2 atom stereocenters. The van der Waals surface area contributed by atoms with Crippen LogP contribution in [0.2, 0.25) is 5.02 Å². The van der Waals surface area contributed by atoms with Gasteiger partial charge < -0.3 is 10.6 Å². The number of halogens is 1. The molecule has 0 radical (unpaired) electrons. The Bertz CT molecular complexity index is 461. The molecule has 104 valence electrons. The molecule has 1 aliphatic rings. The Labute approximate surface area is 119 Å². The first kappa shape index (κ1) is 14.2. The number of nitrogens with one attached hydrogen (secondary N) is 2. The number of carbonyl (C=O) groups is 1. The zero-order chi connectivity index (χ0) is 13.8. The van der Waals surface area contributed by atoms with E-state index < -0.39 is 0 Å². The van der Waals surface area contributed by atoms with Crippen LogP contribution in [0.25, 0.3) is 0 Å². The third-order valence-corrected chi connectivity index (χ3v) is 4.26. The summed E-state index contributed by atoms with van der Waals surface area (Å²) in [5, 5.41) is 6.78. The maximum Gasteiger partial charge on any atom is 0.251 e. The molecule has 1 saturated carbocycles. The van der Waals surface area contributed by atoms with Gasteiger partial charge in [-0.1, -0.05) is 24.9 Å². The standard InChI is InChI=1S/C15H21ClN2O/c1-3-10-4-6-12(8-10)18-14-9-11(15(19)17-2)5-7-13(14)16/h5,7,9-10,12,18H,3-4,6,8H2,1-2H3,(H,17,19). The first-order valence-corrected chi connectivity index (χ1v) is 7.30. The highest BCUT2D eigenvalue weighted by Crippen LogP contribution is 2.32. The molecule has 0 aliphatic heterocycles. The zero-order valence-corrected chi connectivity index (χ0v) is 12.3. The van der Waals surface area contributed by atoms with Gasteiger partial charge in [-0.3, -0.25) is 4.79 Å². The van der Waals surface area contributed by atoms with Crippen molar-refractivity contribution in [2.24, 2.45) is 5.92 Å². The van der Waals surface area contributed by atoms with Crippen molar-refractivity contribution in [1.82, 2.24) is 5.32 Å². The van der Waals surface area contributed by atoms with Crippen LogP contribution in [-0.2, 0) is 0 Å². The fraction of sp³-hybridized carbons (Fsp3) is 0.533. The quantitative estimate of drug-likeness (QED) is 0.883. The van der Waals surface area contributed by atoms with Gasteiger partial charge in [0.05, 0.1) is 10.7 Å². The molecular weight excluding hydrogens is 260 g/mol.